The monoisotopic (exact) mass is 601 g/mol. The molecule has 8 saturated carbocycles. The van der Waals surface area contributed by atoms with Gasteiger partial charge in [0.05, 0.1) is 0 Å². The summed E-state index contributed by atoms with van der Waals surface area (Å²) in [5.41, 5.74) is 2.01. The molecule has 0 radical (unpaired) electrons. The van der Waals surface area contributed by atoms with Crippen LogP contribution in [0.2, 0.25) is 0 Å². The molecule has 7 unspecified atom stereocenters. The third kappa shape index (κ3) is 6.44. The van der Waals surface area contributed by atoms with Crippen molar-refractivity contribution in [1.29, 1.82) is 0 Å². The molecule has 0 saturated heterocycles. The Morgan fingerprint density at radius 3 is 1.27 bits per heavy atom. The maximum absolute atomic E-state index is 2.99. The smallest absolute Gasteiger partial charge is 0.0200 e. The maximum Gasteiger partial charge on any atom is -0.0200 e. The van der Waals surface area contributed by atoms with E-state index in [4.69, 9.17) is 0 Å². The van der Waals surface area contributed by atoms with E-state index in [1.807, 2.05) is 5.57 Å². The summed E-state index contributed by atoms with van der Waals surface area (Å²) in [4.78, 5) is 0. The molecule has 0 heterocycles. The van der Waals surface area contributed by atoms with Crippen molar-refractivity contribution >= 4 is 0 Å². The van der Waals surface area contributed by atoms with E-state index in [-0.39, 0.29) is 0 Å². The standard InChI is InChI=1S/C44H72/c1-3-14-33(15-4-1)42(34-16-5-2-6-17-34)29-31-23-25-35(26-24-31)43-38-19-9-11-21-40(38)44(41-22-12-10-20-39(41)43)37-28-27-32-13-7-8-18-36(32)30-37/h29,31-41,43-44H,1-28,30H2. The lowest BCUT2D eigenvalue weighted by atomic mass is 9.44. The van der Waals surface area contributed by atoms with Crippen molar-refractivity contribution in [2.24, 2.45) is 76.9 Å². The van der Waals surface area contributed by atoms with E-state index in [2.05, 4.69) is 6.08 Å². The van der Waals surface area contributed by atoms with Gasteiger partial charge in [0.25, 0.3) is 0 Å². The van der Waals surface area contributed by atoms with E-state index in [0.29, 0.717) is 0 Å². The molecule has 0 N–H and O–H groups in total. The van der Waals surface area contributed by atoms with Gasteiger partial charge in [0, 0.05) is 0 Å². The fourth-order valence-corrected chi connectivity index (χ4v) is 15.0. The quantitative estimate of drug-likeness (QED) is 0.275. The van der Waals surface area contributed by atoms with Crippen molar-refractivity contribution in [2.45, 2.75) is 186 Å². The van der Waals surface area contributed by atoms with E-state index >= 15 is 0 Å². The minimum atomic E-state index is 0.927. The van der Waals surface area contributed by atoms with E-state index in [9.17, 15) is 0 Å². The molecule has 0 aromatic carbocycles. The van der Waals surface area contributed by atoms with Crippen molar-refractivity contribution in [2.75, 3.05) is 0 Å². The zero-order valence-corrected chi connectivity index (χ0v) is 29.1. The Kier molecular flexibility index (Phi) is 10.2. The first kappa shape index (κ1) is 31.0. The minimum Gasteiger partial charge on any atom is -0.0817 e. The first-order valence-corrected chi connectivity index (χ1v) is 21.5. The van der Waals surface area contributed by atoms with Gasteiger partial charge < -0.3 is 0 Å². The van der Waals surface area contributed by atoms with Gasteiger partial charge in [-0.2, -0.15) is 0 Å². The minimum absolute atomic E-state index is 0.927. The fourth-order valence-electron chi connectivity index (χ4n) is 15.0. The van der Waals surface area contributed by atoms with E-state index in [1.54, 1.807) is 122 Å². The van der Waals surface area contributed by atoms with Crippen molar-refractivity contribution in [3.63, 3.8) is 0 Å². The van der Waals surface area contributed by atoms with Crippen molar-refractivity contribution in [3.8, 4) is 0 Å². The van der Waals surface area contributed by atoms with Crippen LogP contribution in [0.5, 0.6) is 0 Å². The molecule has 8 fully saturated rings. The molecule has 44 heavy (non-hydrogen) atoms. The van der Waals surface area contributed by atoms with Crippen LogP contribution in [-0.2, 0) is 0 Å². The van der Waals surface area contributed by atoms with Gasteiger partial charge >= 0.3 is 0 Å². The Bertz CT molecular complexity index is 880. The van der Waals surface area contributed by atoms with Gasteiger partial charge in [0.15, 0.2) is 0 Å². The van der Waals surface area contributed by atoms with Crippen molar-refractivity contribution < 1.29 is 0 Å². The molecule has 0 amide bonds. The van der Waals surface area contributed by atoms with Gasteiger partial charge in [-0.15, -0.1) is 0 Å². The number of rotatable bonds is 5. The average molecular weight is 601 g/mol. The molecule has 0 nitrogen and oxygen atoms in total. The Hall–Kier alpha value is -0.260. The Balaban J connectivity index is 0.986. The highest BCUT2D eigenvalue weighted by molar-refractivity contribution is 5.15. The summed E-state index contributed by atoms with van der Waals surface area (Å²) in [6, 6.07) is 0. The van der Waals surface area contributed by atoms with E-state index < -0.39 is 0 Å². The van der Waals surface area contributed by atoms with Crippen LogP contribution in [0.3, 0.4) is 0 Å². The summed E-state index contributed by atoms with van der Waals surface area (Å²) in [7, 11) is 0. The summed E-state index contributed by atoms with van der Waals surface area (Å²) >= 11 is 0. The number of allylic oxidation sites excluding steroid dienone is 2. The summed E-state index contributed by atoms with van der Waals surface area (Å²) in [6.45, 7) is 0. The Morgan fingerprint density at radius 1 is 0.318 bits per heavy atom. The lowest BCUT2D eigenvalue weighted by Crippen LogP contribution is -2.54. The second-order valence-corrected chi connectivity index (χ2v) is 18.8. The second-order valence-electron chi connectivity index (χ2n) is 18.8. The maximum atomic E-state index is 2.99. The largest absolute Gasteiger partial charge is 0.0817 e. The predicted molar refractivity (Wildman–Crippen MR) is 187 cm³/mol. The highest BCUT2D eigenvalue weighted by Gasteiger charge is 2.55. The van der Waals surface area contributed by atoms with Crippen LogP contribution in [0.1, 0.15) is 186 Å². The lowest BCUT2D eigenvalue weighted by molar-refractivity contribution is -0.118. The normalized spacial score (nSPS) is 45.9. The van der Waals surface area contributed by atoms with Crippen LogP contribution in [0.4, 0.5) is 0 Å². The van der Waals surface area contributed by atoms with Crippen LogP contribution >= 0.6 is 0 Å². The molecular formula is C44H72. The molecule has 0 aromatic heterocycles. The molecule has 8 aliphatic rings. The molecule has 0 aromatic rings. The zero-order chi connectivity index (χ0) is 29.3. The van der Waals surface area contributed by atoms with Crippen LogP contribution < -0.4 is 0 Å². The predicted octanol–water partition coefficient (Wildman–Crippen LogP) is 13.3. The van der Waals surface area contributed by atoms with Crippen LogP contribution in [0, 0.1) is 76.9 Å². The molecule has 8 rings (SSSR count). The van der Waals surface area contributed by atoms with Crippen LogP contribution in [-0.4, -0.2) is 0 Å². The topological polar surface area (TPSA) is 0 Å². The van der Waals surface area contributed by atoms with Crippen molar-refractivity contribution in [1.82, 2.24) is 0 Å². The SMILES string of the molecule is C(=C(C1CCCCC1)C1CCCCC1)C1CCC(C2C3CCCCC3C(C3CCC4CCCCC4C3)C3CCCCC32)CC1. The number of fused-ring (bicyclic) bond motifs is 3. The molecule has 0 heteroatoms. The molecular weight excluding hydrogens is 528 g/mol. The summed E-state index contributed by atoms with van der Waals surface area (Å²) < 4.78 is 0. The third-order valence-corrected chi connectivity index (χ3v) is 16.8. The Morgan fingerprint density at radius 2 is 0.727 bits per heavy atom. The van der Waals surface area contributed by atoms with E-state index in [0.717, 1.165) is 76.9 Å². The molecule has 7 atom stereocenters. The van der Waals surface area contributed by atoms with E-state index in [1.165, 1.54) is 64.2 Å². The van der Waals surface area contributed by atoms with Crippen LogP contribution in [0.25, 0.3) is 0 Å². The summed E-state index contributed by atoms with van der Waals surface area (Å²) in [6.07, 6.45) is 48.4. The molecule has 8 aliphatic carbocycles. The highest BCUT2D eigenvalue weighted by atomic mass is 14.6. The molecule has 0 aliphatic heterocycles. The van der Waals surface area contributed by atoms with Gasteiger partial charge in [0.2, 0.25) is 0 Å². The van der Waals surface area contributed by atoms with Crippen LogP contribution in [0.15, 0.2) is 11.6 Å². The first-order valence-electron chi connectivity index (χ1n) is 21.5. The van der Waals surface area contributed by atoms with Gasteiger partial charge in [-0.1, -0.05) is 102 Å². The number of hydrogen-bond donors (Lipinski definition) is 0. The molecule has 248 valence electrons. The zero-order valence-electron chi connectivity index (χ0n) is 29.1. The molecule has 0 spiro atoms. The first-order chi connectivity index (χ1) is 21.8. The third-order valence-electron chi connectivity index (χ3n) is 16.8. The van der Waals surface area contributed by atoms with Gasteiger partial charge in [-0.05, 0) is 173 Å². The van der Waals surface area contributed by atoms with Crippen molar-refractivity contribution in [3.05, 3.63) is 11.6 Å². The fraction of sp³-hybridized carbons (Fsp3) is 0.955. The van der Waals surface area contributed by atoms with Gasteiger partial charge in [0.1, 0.15) is 0 Å². The Labute approximate surface area is 274 Å². The van der Waals surface area contributed by atoms with Gasteiger partial charge in [-0.3, -0.25) is 0 Å². The lowest BCUT2D eigenvalue weighted by Gasteiger charge is -2.61. The molecule has 0 bridgehead atoms. The second kappa shape index (κ2) is 14.5. The van der Waals surface area contributed by atoms with Gasteiger partial charge in [-0.25, -0.2) is 0 Å². The number of hydrogen-bond acceptors (Lipinski definition) is 0. The summed E-state index contributed by atoms with van der Waals surface area (Å²) in [5.74, 6) is 14.1. The highest BCUT2D eigenvalue weighted by Crippen LogP contribution is 2.63. The average Bonchev–Trinajstić information content (AvgIpc) is 3.10. The summed E-state index contributed by atoms with van der Waals surface area (Å²) in [5, 5.41) is 0.